The maximum absolute atomic E-state index is 15.5. The summed E-state index contributed by atoms with van der Waals surface area (Å²) in [5, 5.41) is 10.8. The van der Waals surface area contributed by atoms with Gasteiger partial charge in [0.1, 0.15) is 29.6 Å². The first-order chi connectivity index (χ1) is 22.8. The molecule has 3 fully saturated rings. The molecule has 248 valence electrons. The summed E-state index contributed by atoms with van der Waals surface area (Å²) in [5.74, 6) is 0.224. The van der Waals surface area contributed by atoms with Gasteiger partial charge in [0, 0.05) is 42.6 Å². The second-order valence-electron chi connectivity index (χ2n) is 14.4. The van der Waals surface area contributed by atoms with E-state index in [9.17, 15) is 14.9 Å². The van der Waals surface area contributed by atoms with Gasteiger partial charge in [0.05, 0.1) is 33.7 Å². The molecule has 4 aromatic rings. The number of halogens is 1. The summed E-state index contributed by atoms with van der Waals surface area (Å²) in [6.07, 6.45) is 4.98. The maximum Gasteiger partial charge on any atom is 0.410 e. The molecular formula is C36H39FN8O3. The number of benzene rings is 1. The molecule has 2 atom stereocenters. The summed E-state index contributed by atoms with van der Waals surface area (Å²) < 4.78 is 22.6. The summed E-state index contributed by atoms with van der Waals surface area (Å²) >= 11 is 0. The molecule has 0 N–H and O–H groups in total. The standard InChI is InChI=1S/C36H39FN8O3/c1-19-7-12-25(27(37)13-19)28-24(15-38)14-26-32(43-16-21(3)44(17-20(43)2)35(47)48-36(4,5)6)42-34(46)45(33(26)41-28)31-29(22-8-9-22)39-18-40-30(31)23-10-11-23/h7,12-14,18,20-23H,8-11,16-17H2,1-6H3/t20-,21+/m0/s1. The fraction of sp³-hybridized carbons (Fsp3) is 0.472. The number of pyridine rings is 1. The smallest absolute Gasteiger partial charge is 0.410 e. The lowest BCUT2D eigenvalue weighted by Gasteiger charge is -2.44. The fourth-order valence-corrected chi connectivity index (χ4v) is 6.60. The van der Waals surface area contributed by atoms with Crippen molar-refractivity contribution in [1.82, 2.24) is 29.4 Å². The summed E-state index contributed by atoms with van der Waals surface area (Å²) in [5.41, 5.74) is 2.41. The number of hydrogen-bond donors (Lipinski definition) is 0. The molecule has 1 saturated heterocycles. The Bertz CT molecular complexity index is 2030. The summed E-state index contributed by atoms with van der Waals surface area (Å²) in [4.78, 5) is 50.2. The zero-order valence-electron chi connectivity index (χ0n) is 28.1. The fourth-order valence-electron chi connectivity index (χ4n) is 6.60. The van der Waals surface area contributed by atoms with Crippen LogP contribution >= 0.6 is 0 Å². The quantitative estimate of drug-likeness (QED) is 0.250. The van der Waals surface area contributed by atoms with E-state index in [1.807, 2.05) is 39.5 Å². The highest BCUT2D eigenvalue weighted by atomic mass is 19.1. The monoisotopic (exact) mass is 650 g/mol. The molecule has 1 amide bonds. The molecule has 3 aliphatic rings. The number of fused-ring (bicyclic) bond motifs is 1. The average Bonchev–Trinajstić information content (AvgIpc) is 3.94. The lowest BCUT2D eigenvalue weighted by atomic mass is 10.0. The number of carbonyl (C=O) groups is 1. The zero-order chi connectivity index (χ0) is 34.1. The third-order valence-corrected chi connectivity index (χ3v) is 9.26. The second kappa shape index (κ2) is 11.6. The first-order valence-electron chi connectivity index (χ1n) is 16.6. The van der Waals surface area contributed by atoms with Crippen molar-refractivity contribution in [2.24, 2.45) is 0 Å². The van der Waals surface area contributed by atoms with Gasteiger partial charge < -0.3 is 14.5 Å². The van der Waals surface area contributed by atoms with Crippen LogP contribution in [0.5, 0.6) is 0 Å². The largest absolute Gasteiger partial charge is 0.444 e. The van der Waals surface area contributed by atoms with Crippen LogP contribution in [0.15, 0.2) is 35.4 Å². The first-order valence-corrected chi connectivity index (χ1v) is 16.6. The molecular weight excluding hydrogens is 611 g/mol. The summed E-state index contributed by atoms with van der Waals surface area (Å²) in [6.45, 7) is 11.9. The van der Waals surface area contributed by atoms with Crippen LogP contribution in [0.25, 0.3) is 28.0 Å². The van der Waals surface area contributed by atoms with Crippen molar-refractivity contribution in [3.63, 3.8) is 0 Å². The number of anilines is 1. The molecule has 4 heterocycles. The highest BCUT2D eigenvalue weighted by Crippen LogP contribution is 2.47. The van der Waals surface area contributed by atoms with Crippen molar-refractivity contribution < 1.29 is 13.9 Å². The van der Waals surface area contributed by atoms with Gasteiger partial charge in [-0.25, -0.2) is 33.5 Å². The number of ether oxygens (including phenoxy) is 1. The number of nitrogens with zero attached hydrogens (tertiary/aromatic N) is 8. The number of aromatic nitrogens is 5. The maximum atomic E-state index is 15.5. The number of amides is 1. The van der Waals surface area contributed by atoms with Crippen molar-refractivity contribution >= 4 is 22.9 Å². The number of aryl methyl sites for hydroxylation is 1. The van der Waals surface area contributed by atoms with Gasteiger partial charge in [0.2, 0.25) is 0 Å². The normalized spacial score (nSPS) is 19.8. The minimum Gasteiger partial charge on any atom is -0.444 e. The van der Waals surface area contributed by atoms with Gasteiger partial charge in [-0.05, 0) is 91.0 Å². The number of hydrogen-bond acceptors (Lipinski definition) is 9. The first kappa shape index (κ1) is 31.7. The Morgan fingerprint density at radius 3 is 2.25 bits per heavy atom. The minimum absolute atomic E-state index is 0.141. The van der Waals surface area contributed by atoms with Crippen molar-refractivity contribution in [1.29, 1.82) is 5.26 Å². The molecule has 0 unspecified atom stereocenters. The van der Waals surface area contributed by atoms with Crippen LogP contribution in [-0.2, 0) is 4.74 Å². The molecule has 11 nitrogen and oxygen atoms in total. The Kier molecular flexibility index (Phi) is 7.68. The van der Waals surface area contributed by atoms with E-state index in [0.29, 0.717) is 30.0 Å². The van der Waals surface area contributed by atoms with Crippen LogP contribution in [0.3, 0.4) is 0 Å². The highest BCUT2D eigenvalue weighted by Gasteiger charge is 2.39. The van der Waals surface area contributed by atoms with Crippen LogP contribution in [-0.4, -0.2) is 66.3 Å². The number of piperazine rings is 1. The molecule has 2 saturated carbocycles. The number of nitriles is 1. The predicted molar refractivity (Wildman–Crippen MR) is 179 cm³/mol. The van der Waals surface area contributed by atoms with Crippen LogP contribution in [0.1, 0.15) is 94.7 Å². The molecule has 1 aliphatic heterocycles. The van der Waals surface area contributed by atoms with Crippen molar-refractivity contribution in [2.45, 2.75) is 96.7 Å². The topological polar surface area (TPSA) is 130 Å². The van der Waals surface area contributed by atoms with Gasteiger partial charge in [-0.1, -0.05) is 6.07 Å². The van der Waals surface area contributed by atoms with Crippen LogP contribution in [0.4, 0.5) is 15.0 Å². The third kappa shape index (κ3) is 5.76. The van der Waals surface area contributed by atoms with Gasteiger partial charge in [0.25, 0.3) is 0 Å². The van der Waals surface area contributed by atoms with Gasteiger partial charge in [-0.2, -0.15) is 10.2 Å². The molecule has 0 bridgehead atoms. The summed E-state index contributed by atoms with van der Waals surface area (Å²) in [7, 11) is 0. The molecule has 2 aliphatic carbocycles. The van der Waals surface area contributed by atoms with Gasteiger partial charge in [0.15, 0.2) is 5.65 Å². The Balaban J connectivity index is 1.46. The minimum atomic E-state index is -0.646. The number of rotatable bonds is 5. The van der Waals surface area contributed by atoms with Crippen molar-refractivity contribution in [3.8, 4) is 23.0 Å². The van der Waals surface area contributed by atoms with Gasteiger partial charge in [-0.3, -0.25) is 0 Å². The highest BCUT2D eigenvalue weighted by molar-refractivity contribution is 5.92. The molecule has 12 heteroatoms. The molecule has 0 radical (unpaired) electrons. The Morgan fingerprint density at radius 2 is 1.67 bits per heavy atom. The number of carbonyl (C=O) groups excluding carboxylic acids is 1. The molecule has 48 heavy (non-hydrogen) atoms. The molecule has 1 aromatic carbocycles. The SMILES string of the molecule is Cc1ccc(-c2nc3c(cc2C#N)c(N2C[C@@H](C)N(C(=O)OC(C)(C)C)C[C@@H]2C)nc(=O)n3-c2c(C3CC3)ncnc2C2CC2)c(F)c1. The zero-order valence-corrected chi connectivity index (χ0v) is 28.1. The van der Waals surface area contributed by atoms with E-state index >= 15 is 4.39 Å². The van der Waals surface area contributed by atoms with Crippen LogP contribution in [0, 0.1) is 24.1 Å². The average molecular weight is 651 g/mol. The predicted octanol–water partition coefficient (Wildman–Crippen LogP) is 6.15. The Morgan fingerprint density at radius 1 is 1.00 bits per heavy atom. The van der Waals surface area contributed by atoms with E-state index in [1.54, 1.807) is 36.4 Å². The van der Waals surface area contributed by atoms with E-state index < -0.39 is 23.2 Å². The van der Waals surface area contributed by atoms with E-state index in [4.69, 9.17) is 9.72 Å². The van der Waals surface area contributed by atoms with E-state index in [2.05, 4.69) is 21.0 Å². The third-order valence-electron chi connectivity index (χ3n) is 9.26. The van der Waals surface area contributed by atoms with Gasteiger partial charge in [-0.15, -0.1) is 0 Å². The van der Waals surface area contributed by atoms with Crippen LogP contribution in [0.2, 0.25) is 0 Å². The summed E-state index contributed by atoms with van der Waals surface area (Å²) in [6, 6.07) is 8.13. The Hall–Kier alpha value is -4.92. The second-order valence-corrected chi connectivity index (χ2v) is 14.4. The Labute approximate surface area is 278 Å². The van der Waals surface area contributed by atoms with Crippen molar-refractivity contribution in [3.05, 3.63) is 69.4 Å². The van der Waals surface area contributed by atoms with Gasteiger partial charge >= 0.3 is 11.8 Å². The van der Waals surface area contributed by atoms with E-state index in [-0.39, 0.29) is 46.4 Å². The molecule has 3 aromatic heterocycles. The lowest BCUT2D eigenvalue weighted by Crippen LogP contribution is -2.59. The molecule has 7 rings (SSSR count). The van der Waals surface area contributed by atoms with E-state index in [0.717, 1.165) is 42.6 Å². The van der Waals surface area contributed by atoms with Crippen molar-refractivity contribution in [2.75, 3.05) is 18.0 Å². The lowest BCUT2D eigenvalue weighted by molar-refractivity contribution is 0.0130. The van der Waals surface area contributed by atoms with E-state index in [1.165, 1.54) is 10.6 Å². The van der Waals surface area contributed by atoms with Crippen LogP contribution < -0.4 is 10.6 Å². The molecule has 0 spiro atoms.